The number of hydrogen-bond acceptors (Lipinski definition) is 7. The van der Waals surface area contributed by atoms with Gasteiger partial charge < -0.3 is 19.7 Å². The minimum Gasteiger partial charge on any atom is -0.488 e. The number of morpholine rings is 1. The number of benzene rings is 3. The SMILES string of the molecule is O=C(CN1C(=O)S/C(=C/c2ccc(OCc3ccccc3)c(Br)c2)C1=O)Nc1ccc(N2CCOCC2)cc1. The number of rotatable bonds is 8. The van der Waals surface area contributed by atoms with Gasteiger partial charge in [-0.05, 0) is 81.3 Å². The number of thioether (sulfide) groups is 1. The Hall–Kier alpha value is -3.60. The molecule has 3 aromatic rings. The van der Waals surface area contributed by atoms with Crippen molar-refractivity contribution in [1.82, 2.24) is 4.90 Å². The first-order valence-electron chi connectivity index (χ1n) is 12.4. The zero-order valence-corrected chi connectivity index (χ0v) is 23.4. The van der Waals surface area contributed by atoms with Crippen molar-refractivity contribution in [3.05, 3.63) is 93.3 Å². The lowest BCUT2D eigenvalue weighted by Gasteiger charge is -2.28. The van der Waals surface area contributed by atoms with Crippen molar-refractivity contribution in [3.8, 4) is 5.75 Å². The summed E-state index contributed by atoms with van der Waals surface area (Å²) in [6.07, 6.45) is 1.64. The summed E-state index contributed by atoms with van der Waals surface area (Å²) in [7, 11) is 0. The van der Waals surface area contributed by atoms with Gasteiger partial charge in [0.25, 0.3) is 11.1 Å². The van der Waals surface area contributed by atoms with Crippen LogP contribution in [0.5, 0.6) is 5.75 Å². The van der Waals surface area contributed by atoms with Gasteiger partial charge in [0.15, 0.2) is 0 Å². The first-order valence-corrected chi connectivity index (χ1v) is 14.0. The predicted molar refractivity (Wildman–Crippen MR) is 156 cm³/mol. The van der Waals surface area contributed by atoms with Crippen LogP contribution < -0.4 is 15.0 Å². The van der Waals surface area contributed by atoms with E-state index in [2.05, 4.69) is 26.1 Å². The third kappa shape index (κ3) is 6.89. The van der Waals surface area contributed by atoms with Crippen molar-refractivity contribution in [1.29, 1.82) is 0 Å². The normalized spacial score (nSPS) is 16.6. The molecule has 10 heteroatoms. The number of halogens is 1. The van der Waals surface area contributed by atoms with Crippen LogP contribution in [0.3, 0.4) is 0 Å². The molecule has 39 heavy (non-hydrogen) atoms. The van der Waals surface area contributed by atoms with E-state index in [4.69, 9.17) is 9.47 Å². The Morgan fingerprint density at radius 1 is 1.03 bits per heavy atom. The molecule has 0 aromatic heterocycles. The molecular weight excluding hydrogens is 582 g/mol. The van der Waals surface area contributed by atoms with Crippen LogP contribution in [-0.2, 0) is 20.9 Å². The zero-order valence-electron chi connectivity index (χ0n) is 21.0. The number of nitrogens with zero attached hydrogens (tertiary/aromatic N) is 2. The molecule has 0 unspecified atom stereocenters. The molecule has 0 spiro atoms. The van der Waals surface area contributed by atoms with Gasteiger partial charge in [0.2, 0.25) is 5.91 Å². The third-order valence-corrected chi connectivity index (χ3v) is 7.72. The first-order chi connectivity index (χ1) is 19.0. The maximum Gasteiger partial charge on any atom is 0.294 e. The van der Waals surface area contributed by atoms with E-state index in [1.54, 1.807) is 12.1 Å². The predicted octanol–water partition coefficient (Wildman–Crippen LogP) is 5.54. The van der Waals surface area contributed by atoms with Crippen LogP contribution in [-0.4, -0.2) is 54.8 Å². The van der Waals surface area contributed by atoms with Crippen molar-refractivity contribution in [2.24, 2.45) is 0 Å². The number of carbonyl (C=O) groups excluding carboxylic acids is 3. The van der Waals surface area contributed by atoms with Crippen LogP contribution in [0.4, 0.5) is 16.2 Å². The summed E-state index contributed by atoms with van der Waals surface area (Å²) in [5, 5.41) is 2.28. The fourth-order valence-corrected chi connectivity index (χ4v) is 5.52. The minimum atomic E-state index is -0.497. The molecule has 0 radical (unpaired) electrons. The van der Waals surface area contributed by atoms with Crippen molar-refractivity contribution >= 4 is 62.2 Å². The highest BCUT2D eigenvalue weighted by molar-refractivity contribution is 9.10. The molecule has 0 saturated carbocycles. The molecule has 0 aliphatic carbocycles. The van der Waals surface area contributed by atoms with Gasteiger partial charge in [-0.2, -0.15) is 0 Å². The van der Waals surface area contributed by atoms with Gasteiger partial charge >= 0.3 is 0 Å². The highest BCUT2D eigenvalue weighted by Gasteiger charge is 2.36. The lowest BCUT2D eigenvalue weighted by molar-refractivity contribution is -0.127. The third-order valence-electron chi connectivity index (χ3n) is 6.19. The number of ether oxygens (including phenoxy) is 2. The molecule has 0 atom stereocenters. The van der Waals surface area contributed by atoms with E-state index in [9.17, 15) is 14.4 Å². The van der Waals surface area contributed by atoms with E-state index in [0.717, 1.165) is 51.0 Å². The number of imide groups is 1. The molecule has 2 aliphatic rings. The van der Waals surface area contributed by atoms with Gasteiger partial charge in [-0.25, -0.2) is 0 Å². The molecule has 3 amide bonds. The first kappa shape index (κ1) is 27.0. The van der Waals surface area contributed by atoms with E-state index in [-0.39, 0.29) is 11.4 Å². The molecule has 1 N–H and O–H groups in total. The van der Waals surface area contributed by atoms with Crippen molar-refractivity contribution in [3.63, 3.8) is 0 Å². The fourth-order valence-electron chi connectivity index (χ4n) is 4.17. The monoisotopic (exact) mass is 607 g/mol. The Kier molecular flexibility index (Phi) is 8.65. The molecule has 2 aliphatic heterocycles. The second-order valence-electron chi connectivity index (χ2n) is 8.93. The van der Waals surface area contributed by atoms with Crippen molar-refractivity contribution in [2.75, 3.05) is 43.1 Å². The summed E-state index contributed by atoms with van der Waals surface area (Å²) in [6.45, 7) is 3.09. The Labute approximate surface area is 239 Å². The minimum absolute atomic E-state index is 0.257. The zero-order chi connectivity index (χ0) is 27.2. The largest absolute Gasteiger partial charge is 0.488 e. The Morgan fingerprint density at radius 2 is 1.77 bits per heavy atom. The van der Waals surface area contributed by atoms with E-state index >= 15 is 0 Å². The molecule has 3 aromatic carbocycles. The highest BCUT2D eigenvalue weighted by Crippen LogP contribution is 2.34. The average Bonchev–Trinajstić information content (AvgIpc) is 3.21. The topological polar surface area (TPSA) is 88.2 Å². The summed E-state index contributed by atoms with van der Waals surface area (Å²) < 4.78 is 12.0. The quantitative estimate of drug-likeness (QED) is 0.336. The summed E-state index contributed by atoms with van der Waals surface area (Å²) in [5.74, 6) is -0.276. The number of amides is 3. The second kappa shape index (κ2) is 12.5. The van der Waals surface area contributed by atoms with Crippen LogP contribution >= 0.6 is 27.7 Å². The van der Waals surface area contributed by atoms with E-state index < -0.39 is 17.1 Å². The van der Waals surface area contributed by atoms with Crippen LogP contribution in [0.15, 0.2) is 82.2 Å². The van der Waals surface area contributed by atoms with Crippen LogP contribution in [0.2, 0.25) is 0 Å². The van der Waals surface area contributed by atoms with E-state index in [1.807, 2.05) is 66.7 Å². The summed E-state index contributed by atoms with van der Waals surface area (Å²) in [6, 6.07) is 22.8. The number of hydrogen-bond donors (Lipinski definition) is 1. The van der Waals surface area contributed by atoms with Crippen LogP contribution in [0.25, 0.3) is 6.08 Å². The molecule has 200 valence electrons. The molecule has 5 rings (SSSR count). The van der Waals surface area contributed by atoms with Gasteiger partial charge in [-0.1, -0.05) is 36.4 Å². The molecule has 0 bridgehead atoms. The molecule has 2 fully saturated rings. The van der Waals surface area contributed by atoms with Crippen LogP contribution in [0.1, 0.15) is 11.1 Å². The molecule has 2 saturated heterocycles. The molecular formula is C29H26BrN3O5S. The number of nitrogens with one attached hydrogen (secondary N) is 1. The molecule has 8 nitrogen and oxygen atoms in total. The number of carbonyl (C=O) groups is 3. The maximum absolute atomic E-state index is 12.9. The van der Waals surface area contributed by atoms with Gasteiger partial charge in [0.05, 0.1) is 22.6 Å². The maximum atomic E-state index is 12.9. The lowest BCUT2D eigenvalue weighted by atomic mass is 10.2. The van der Waals surface area contributed by atoms with Gasteiger partial charge in [0, 0.05) is 24.5 Å². The molecule has 2 heterocycles. The lowest BCUT2D eigenvalue weighted by Crippen LogP contribution is -2.36. The smallest absolute Gasteiger partial charge is 0.294 e. The average molecular weight is 609 g/mol. The summed E-state index contributed by atoms with van der Waals surface area (Å²) in [4.78, 5) is 41.5. The fraction of sp³-hybridized carbons (Fsp3) is 0.207. The number of anilines is 2. The Bertz CT molecular complexity index is 1390. The summed E-state index contributed by atoms with van der Waals surface area (Å²) in [5.41, 5.74) is 3.43. The van der Waals surface area contributed by atoms with Crippen molar-refractivity contribution < 1.29 is 23.9 Å². The Morgan fingerprint density at radius 3 is 2.49 bits per heavy atom. The van der Waals surface area contributed by atoms with Gasteiger partial charge in [-0.15, -0.1) is 0 Å². The van der Waals surface area contributed by atoms with Gasteiger partial charge in [-0.3, -0.25) is 19.3 Å². The second-order valence-corrected chi connectivity index (χ2v) is 10.8. The Balaban J connectivity index is 1.17. The highest BCUT2D eigenvalue weighted by atomic mass is 79.9. The van der Waals surface area contributed by atoms with Crippen LogP contribution in [0, 0.1) is 0 Å². The van der Waals surface area contributed by atoms with Gasteiger partial charge in [0.1, 0.15) is 18.9 Å². The van der Waals surface area contributed by atoms with E-state index in [1.165, 1.54) is 0 Å². The van der Waals surface area contributed by atoms with Crippen molar-refractivity contribution in [2.45, 2.75) is 6.61 Å². The standard InChI is InChI=1S/C29H26BrN3O5S/c30-24-16-21(6-11-25(24)38-19-20-4-2-1-3-5-20)17-26-28(35)33(29(36)39-26)18-27(34)31-22-7-9-23(10-8-22)32-12-14-37-15-13-32/h1-11,16-17H,12-15,18-19H2,(H,31,34)/b26-17+. The summed E-state index contributed by atoms with van der Waals surface area (Å²) >= 11 is 4.33. The van der Waals surface area contributed by atoms with E-state index in [0.29, 0.717) is 31.3 Å².